The number of nitrogens with zero attached hydrogens (tertiary/aromatic N) is 1. The van der Waals surface area contributed by atoms with Crippen LogP contribution in [0.4, 0.5) is 5.69 Å². The summed E-state index contributed by atoms with van der Waals surface area (Å²) in [4.78, 5) is 2.64. The van der Waals surface area contributed by atoms with Gasteiger partial charge in [-0.15, -0.1) is 0 Å². The molecule has 24 heavy (non-hydrogen) atoms. The molecule has 5 heteroatoms. The zero-order chi connectivity index (χ0) is 16.9. The first kappa shape index (κ1) is 17.6. The number of rotatable bonds is 3. The number of hydrogen-bond acceptors (Lipinski definition) is 3. The number of thiocarbonyl (C=S) groups is 1. The van der Waals surface area contributed by atoms with Gasteiger partial charge in [0, 0.05) is 44.1 Å². The zero-order valence-corrected chi connectivity index (χ0v) is 15.6. The van der Waals surface area contributed by atoms with Crippen LogP contribution >= 0.6 is 12.2 Å². The molecule has 0 radical (unpaired) electrons. The lowest BCUT2D eigenvalue weighted by atomic mass is 10.00. The third-order valence-electron chi connectivity index (χ3n) is 5.21. The van der Waals surface area contributed by atoms with Crippen molar-refractivity contribution in [3.05, 3.63) is 29.3 Å². The number of anilines is 1. The van der Waals surface area contributed by atoms with Gasteiger partial charge in [-0.2, -0.15) is 0 Å². The molecule has 3 rings (SSSR count). The van der Waals surface area contributed by atoms with Crippen LogP contribution in [0.25, 0.3) is 0 Å². The van der Waals surface area contributed by atoms with Crippen molar-refractivity contribution in [2.24, 2.45) is 0 Å². The first-order valence-electron chi connectivity index (χ1n) is 9.08. The van der Waals surface area contributed by atoms with Crippen LogP contribution in [0.1, 0.15) is 36.8 Å². The zero-order valence-electron chi connectivity index (χ0n) is 14.8. The van der Waals surface area contributed by atoms with Crippen LogP contribution in [0.3, 0.4) is 0 Å². The molecular weight excluding hydrogens is 318 g/mol. The molecule has 0 amide bonds. The normalized spacial score (nSPS) is 20.8. The number of piperidine rings is 1. The average molecular weight is 348 g/mol. The van der Waals surface area contributed by atoms with E-state index in [1.165, 1.54) is 24.0 Å². The smallest absolute Gasteiger partial charge is 0.171 e. The van der Waals surface area contributed by atoms with Gasteiger partial charge in [0.1, 0.15) is 0 Å². The molecule has 132 valence electrons. The molecule has 0 unspecified atom stereocenters. The van der Waals surface area contributed by atoms with E-state index >= 15 is 0 Å². The summed E-state index contributed by atoms with van der Waals surface area (Å²) in [5.41, 5.74) is 3.57. The highest BCUT2D eigenvalue weighted by Crippen LogP contribution is 2.20. The number of aryl methyl sites for hydroxylation is 2. The summed E-state index contributed by atoms with van der Waals surface area (Å²) in [5, 5.41) is 7.61. The first-order chi connectivity index (χ1) is 11.6. The second-order valence-electron chi connectivity index (χ2n) is 7.07. The molecule has 2 saturated heterocycles. The quantitative estimate of drug-likeness (QED) is 0.821. The minimum absolute atomic E-state index is 0.478. The van der Waals surface area contributed by atoms with Crippen molar-refractivity contribution >= 4 is 23.0 Å². The van der Waals surface area contributed by atoms with Crippen LogP contribution in [0, 0.1) is 13.8 Å². The van der Waals surface area contributed by atoms with Crippen molar-refractivity contribution in [1.29, 1.82) is 0 Å². The van der Waals surface area contributed by atoms with Gasteiger partial charge in [0.05, 0.1) is 0 Å². The van der Waals surface area contributed by atoms with Gasteiger partial charge in [0.25, 0.3) is 0 Å². The van der Waals surface area contributed by atoms with Crippen LogP contribution in [0.15, 0.2) is 18.2 Å². The number of likely N-dealkylation sites (tertiary alicyclic amines) is 1. The molecule has 0 bridgehead atoms. The lowest BCUT2D eigenvalue weighted by Gasteiger charge is -2.39. The SMILES string of the molecule is Cc1ccc(C)c(NC(=S)NC2CCN(C3CCOCC3)CC2)c1. The van der Waals surface area contributed by atoms with Gasteiger partial charge in [0.2, 0.25) is 0 Å². The van der Waals surface area contributed by atoms with Crippen LogP contribution < -0.4 is 10.6 Å². The number of benzene rings is 1. The Morgan fingerprint density at radius 3 is 2.54 bits per heavy atom. The highest BCUT2D eigenvalue weighted by atomic mass is 32.1. The largest absolute Gasteiger partial charge is 0.381 e. The average Bonchev–Trinajstić information content (AvgIpc) is 2.59. The van der Waals surface area contributed by atoms with E-state index in [4.69, 9.17) is 17.0 Å². The summed E-state index contributed by atoms with van der Waals surface area (Å²) in [7, 11) is 0. The maximum atomic E-state index is 5.52. The number of ether oxygens (including phenoxy) is 1. The molecule has 2 heterocycles. The van der Waals surface area contributed by atoms with Gasteiger partial charge in [-0.1, -0.05) is 12.1 Å². The minimum atomic E-state index is 0.478. The van der Waals surface area contributed by atoms with E-state index in [1.54, 1.807) is 0 Å². The molecular formula is C19H29N3OS. The predicted molar refractivity (Wildman–Crippen MR) is 104 cm³/mol. The van der Waals surface area contributed by atoms with Gasteiger partial charge < -0.3 is 20.3 Å². The summed E-state index contributed by atoms with van der Waals surface area (Å²) in [6.07, 6.45) is 4.69. The monoisotopic (exact) mass is 347 g/mol. The number of hydrogen-bond donors (Lipinski definition) is 2. The number of nitrogens with one attached hydrogen (secondary N) is 2. The van der Waals surface area contributed by atoms with Gasteiger partial charge in [-0.25, -0.2) is 0 Å². The van der Waals surface area contributed by atoms with Crippen molar-refractivity contribution in [3.63, 3.8) is 0 Å². The van der Waals surface area contributed by atoms with Gasteiger partial charge in [-0.05, 0) is 68.9 Å². The van der Waals surface area contributed by atoms with Crippen molar-refractivity contribution in [2.75, 3.05) is 31.6 Å². The maximum absolute atomic E-state index is 5.52. The third kappa shape index (κ3) is 4.68. The molecule has 4 nitrogen and oxygen atoms in total. The Morgan fingerprint density at radius 1 is 1.12 bits per heavy atom. The lowest BCUT2D eigenvalue weighted by Crippen LogP contribution is -2.49. The molecule has 0 aliphatic carbocycles. The van der Waals surface area contributed by atoms with E-state index in [2.05, 4.69) is 47.6 Å². The Morgan fingerprint density at radius 2 is 1.83 bits per heavy atom. The Bertz CT molecular complexity index is 564. The highest BCUT2D eigenvalue weighted by molar-refractivity contribution is 7.80. The van der Waals surface area contributed by atoms with Crippen LogP contribution in [-0.2, 0) is 4.74 Å². The summed E-state index contributed by atoms with van der Waals surface area (Å²) in [6.45, 7) is 8.38. The maximum Gasteiger partial charge on any atom is 0.171 e. The van der Waals surface area contributed by atoms with E-state index < -0.39 is 0 Å². The molecule has 2 N–H and O–H groups in total. The van der Waals surface area contributed by atoms with Gasteiger partial charge in [0.15, 0.2) is 5.11 Å². The van der Waals surface area contributed by atoms with Crippen molar-refractivity contribution < 1.29 is 4.74 Å². The molecule has 2 fully saturated rings. The van der Waals surface area contributed by atoms with Crippen molar-refractivity contribution in [1.82, 2.24) is 10.2 Å². The molecule has 0 spiro atoms. The highest BCUT2D eigenvalue weighted by Gasteiger charge is 2.26. The fraction of sp³-hybridized carbons (Fsp3) is 0.632. The van der Waals surface area contributed by atoms with Crippen LogP contribution in [0.2, 0.25) is 0 Å². The lowest BCUT2D eigenvalue weighted by molar-refractivity contribution is 0.0247. The fourth-order valence-electron chi connectivity index (χ4n) is 3.67. The minimum Gasteiger partial charge on any atom is -0.381 e. The second kappa shape index (κ2) is 8.28. The molecule has 2 aliphatic heterocycles. The van der Waals surface area contributed by atoms with E-state index in [-0.39, 0.29) is 0 Å². The van der Waals surface area contributed by atoms with E-state index in [0.717, 1.165) is 56.0 Å². The van der Waals surface area contributed by atoms with Crippen LogP contribution in [-0.4, -0.2) is 48.4 Å². The van der Waals surface area contributed by atoms with E-state index in [1.807, 2.05) is 0 Å². The van der Waals surface area contributed by atoms with Gasteiger partial charge >= 0.3 is 0 Å². The first-order valence-corrected chi connectivity index (χ1v) is 9.49. The summed E-state index contributed by atoms with van der Waals surface area (Å²) in [5.74, 6) is 0. The second-order valence-corrected chi connectivity index (χ2v) is 7.48. The van der Waals surface area contributed by atoms with Crippen molar-refractivity contribution in [2.45, 2.75) is 51.6 Å². The van der Waals surface area contributed by atoms with Gasteiger partial charge in [-0.3, -0.25) is 0 Å². The van der Waals surface area contributed by atoms with Crippen LogP contribution in [0.5, 0.6) is 0 Å². The molecule has 2 aliphatic rings. The molecule has 1 aromatic carbocycles. The molecule has 1 aromatic rings. The standard InChI is InChI=1S/C19H29N3OS/c1-14-3-4-15(2)18(13-14)21-19(24)20-16-5-9-22(10-6-16)17-7-11-23-12-8-17/h3-4,13,16-17H,5-12H2,1-2H3,(H2,20,21,24). The molecule has 0 aromatic heterocycles. The molecule has 0 saturated carbocycles. The molecule has 0 atom stereocenters. The fourth-order valence-corrected chi connectivity index (χ4v) is 3.95. The summed E-state index contributed by atoms with van der Waals surface area (Å²) in [6, 6.07) is 7.61. The summed E-state index contributed by atoms with van der Waals surface area (Å²) >= 11 is 5.52. The Kier molecular flexibility index (Phi) is 6.09. The summed E-state index contributed by atoms with van der Waals surface area (Å²) < 4.78 is 5.47. The van der Waals surface area contributed by atoms with Crippen molar-refractivity contribution in [3.8, 4) is 0 Å². The topological polar surface area (TPSA) is 36.5 Å². The van der Waals surface area contributed by atoms with E-state index in [9.17, 15) is 0 Å². The Balaban J connectivity index is 1.45. The van der Waals surface area contributed by atoms with E-state index in [0.29, 0.717) is 6.04 Å². The Hall–Kier alpha value is -1.17. The Labute approximate surface area is 150 Å². The predicted octanol–water partition coefficient (Wildman–Crippen LogP) is 3.23. The third-order valence-corrected chi connectivity index (χ3v) is 5.43.